The quantitative estimate of drug-likeness (QED) is 0.217. The molecule has 9 heteroatoms. The highest BCUT2D eigenvalue weighted by Crippen LogP contribution is 2.35. The van der Waals surface area contributed by atoms with Crippen molar-refractivity contribution in [2.24, 2.45) is 0 Å². The lowest BCUT2D eigenvalue weighted by atomic mass is 10.2. The fraction of sp³-hybridized carbons (Fsp3) is 0.407. The van der Waals surface area contributed by atoms with E-state index in [-0.39, 0.29) is 11.8 Å². The van der Waals surface area contributed by atoms with Gasteiger partial charge in [0, 0.05) is 23.6 Å². The Morgan fingerprint density at radius 1 is 0.778 bits per heavy atom. The minimum Gasteiger partial charge on any atom is -0.494 e. The van der Waals surface area contributed by atoms with Crippen molar-refractivity contribution >= 4 is 23.1 Å². The van der Waals surface area contributed by atoms with Crippen LogP contribution in [0.3, 0.4) is 0 Å². The highest BCUT2D eigenvalue weighted by atomic mass is 19.4. The maximum Gasteiger partial charge on any atom is 0.421 e. The molecule has 0 aliphatic heterocycles. The van der Waals surface area contributed by atoms with Crippen LogP contribution in [0.5, 0.6) is 11.5 Å². The summed E-state index contributed by atoms with van der Waals surface area (Å²) in [5.41, 5.74) is 0.102. The molecule has 0 aliphatic rings. The van der Waals surface area contributed by atoms with E-state index in [2.05, 4.69) is 34.4 Å². The van der Waals surface area contributed by atoms with Crippen LogP contribution in [0.25, 0.3) is 0 Å². The number of rotatable bonds is 14. The molecule has 0 radical (unpaired) electrons. The number of ether oxygens (including phenoxy) is 2. The van der Waals surface area contributed by atoms with Gasteiger partial charge in [0.2, 0.25) is 5.95 Å². The van der Waals surface area contributed by atoms with Crippen LogP contribution in [0.1, 0.15) is 57.9 Å². The molecule has 0 fully saturated rings. The molecule has 2 N–H and O–H groups in total. The van der Waals surface area contributed by atoms with E-state index in [0.29, 0.717) is 30.3 Å². The number of aromatic nitrogens is 2. The van der Waals surface area contributed by atoms with E-state index in [1.807, 2.05) is 0 Å². The third kappa shape index (κ3) is 8.62. The molecule has 1 aromatic heterocycles. The fourth-order valence-corrected chi connectivity index (χ4v) is 3.39. The molecule has 194 valence electrons. The maximum absolute atomic E-state index is 13.6. The van der Waals surface area contributed by atoms with Crippen molar-refractivity contribution in [1.29, 1.82) is 0 Å². The molecule has 0 amide bonds. The first kappa shape index (κ1) is 27.1. The van der Waals surface area contributed by atoms with Gasteiger partial charge in [0.15, 0.2) is 0 Å². The molecule has 3 rings (SSSR count). The summed E-state index contributed by atoms with van der Waals surface area (Å²) in [6.45, 7) is 5.43. The van der Waals surface area contributed by atoms with Gasteiger partial charge in [0.25, 0.3) is 0 Å². The zero-order valence-electron chi connectivity index (χ0n) is 20.7. The van der Waals surface area contributed by atoms with Crippen LogP contribution in [-0.4, -0.2) is 23.2 Å². The second-order valence-electron chi connectivity index (χ2n) is 8.37. The summed E-state index contributed by atoms with van der Waals surface area (Å²) in [6, 6.07) is 13.9. The van der Waals surface area contributed by atoms with Crippen LogP contribution in [-0.2, 0) is 6.18 Å². The molecule has 2 aromatic carbocycles. The Labute approximate surface area is 210 Å². The van der Waals surface area contributed by atoms with Crippen LogP contribution >= 0.6 is 0 Å². The molecule has 0 aliphatic carbocycles. The Morgan fingerprint density at radius 3 is 2.08 bits per heavy atom. The Kier molecular flexibility index (Phi) is 10.2. The van der Waals surface area contributed by atoms with Crippen LogP contribution in [0.15, 0.2) is 54.7 Å². The number of anilines is 4. The third-order valence-corrected chi connectivity index (χ3v) is 5.33. The molecule has 0 unspecified atom stereocenters. The van der Waals surface area contributed by atoms with Gasteiger partial charge in [-0.25, -0.2) is 4.98 Å². The average molecular weight is 503 g/mol. The van der Waals surface area contributed by atoms with Gasteiger partial charge >= 0.3 is 6.18 Å². The number of halogens is 3. The lowest BCUT2D eigenvalue weighted by molar-refractivity contribution is -0.137. The Balaban J connectivity index is 1.72. The van der Waals surface area contributed by atoms with Gasteiger partial charge in [-0.1, -0.05) is 45.6 Å². The van der Waals surface area contributed by atoms with Gasteiger partial charge in [0.05, 0.1) is 13.2 Å². The zero-order valence-corrected chi connectivity index (χ0v) is 20.7. The van der Waals surface area contributed by atoms with Gasteiger partial charge < -0.3 is 20.1 Å². The van der Waals surface area contributed by atoms with Crippen molar-refractivity contribution in [3.05, 3.63) is 60.3 Å². The third-order valence-electron chi connectivity index (χ3n) is 5.33. The summed E-state index contributed by atoms with van der Waals surface area (Å²) in [4.78, 5) is 7.99. The zero-order chi connectivity index (χ0) is 25.8. The smallest absolute Gasteiger partial charge is 0.421 e. The summed E-state index contributed by atoms with van der Waals surface area (Å²) in [5, 5.41) is 5.73. The molecule has 0 spiro atoms. The van der Waals surface area contributed by atoms with Gasteiger partial charge in [-0.05, 0) is 49.2 Å². The maximum atomic E-state index is 13.6. The topological polar surface area (TPSA) is 68.3 Å². The predicted octanol–water partition coefficient (Wildman–Crippen LogP) is 8.12. The van der Waals surface area contributed by atoms with Gasteiger partial charge in [-0.3, -0.25) is 0 Å². The highest BCUT2D eigenvalue weighted by molar-refractivity contribution is 5.64. The van der Waals surface area contributed by atoms with E-state index in [1.54, 1.807) is 48.5 Å². The molecule has 1 heterocycles. The van der Waals surface area contributed by atoms with Crippen molar-refractivity contribution in [2.45, 2.75) is 58.5 Å². The predicted molar refractivity (Wildman–Crippen MR) is 137 cm³/mol. The lowest BCUT2D eigenvalue weighted by Gasteiger charge is -2.15. The molecule has 36 heavy (non-hydrogen) atoms. The Morgan fingerprint density at radius 2 is 1.44 bits per heavy atom. The molecule has 6 nitrogen and oxygen atoms in total. The lowest BCUT2D eigenvalue weighted by Crippen LogP contribution is -2.12. The van der Waals surface area contributed by atoms with E-state index in [4.69, 9.17) is 9.47 Å². The van der Waals surface area contributed by atoms with Gasteiger partial charge in [0.1, 0.15) is 22.9 Å². The summed E-state index contributed by atoms with van der Waals surface area (Å²) >= 11 is 0. The first-order valence-electron chi connectivity index (χ1n) is 12.3. The highest BCUT2D eigenvalue weighted by Gasteiger charge is 2.35. The number of benzene rings is 2. The van der Waals surface area contributed by atoms with E-state index >= 15 is 0 Å². The van der Waals surface area contributed by atoms with Crippen molar-refractivity contribution in [3.8, 4) is 11.5 Å². The molecule has 0 bridgehead atoms. The molecule has 0 saturated heterocycles. The average Bonchev–Trinajstić information content (AvgIpc) is 2.85. The van der Waals surface area contributed by atoms with Crippen molar-refractivity contribution in [1.82, 2.24) is 9.97 Å². The van der Waals surface area contributed by atoms with Crippen LogP contribution in [0.4, 0.5) is 36.3 Å². The molecule has 3 aromatic rings. The first-order valence-corrected chi connectivity index (χ1v) is 12.3. The number of hydrogen-bond acceptors (Lipinski definition) is 6. The van der Waals surface area contributed by atoms with E-state index < -0.39 is 11.7 Å². The number of alkyl halides is 3. The van der Waals surface area contributed by atoms with Gasteiger partial charge in [-0.15, -0.1) is 0 Å². The summed E-state index contributed by atoms with van der Waals surface area (Å²) in [6.07, 6.45) is 2.41. The molecule has 0 atom stereocenters. The van der Waals surface area contributed by atoms with E-state index in [9.17, 15) is 13.2 Å². The monoisotopic (exact) mass is 502 g/mol. The van der Waals surface area contributed by atoms with Crippen LogP contribution < -0.4 is 20.1 Å². The van der Waals surface area contributed by atoms with E-state index in [1.165, 1.54) is 0 Å². The molecular formula is C27H33F3N4O2. The minimum atomic E-state index is -4.62. The number of hydrogen-bond donors (Lipinski definition) is 2. The van der Waals surface area contributed by atoms with Crippen molar-refractivity contribution < 1.29 is 22.6 Å². The minimum absolute atomic E-state index is 0.0362. The van der Waals surface area contributed by atoms with Crippen molar-refractivity contribution in [3.63, 3.8) is 0 Å². The first-order chi connectivity index (χ1) is 17.4. The summed E-state index contributed by atoms with van der Waals surface area (Å²) in [7, 11) is 0. The van der Waals surface area contributed by atoms with Gasteiger partial charge in [-0.2, -0.15) is 18.2 Å². The van der Waals surface area contributed by atoms with Crippen LogP contribution in [0.2, 0.25) is 0 Å². The number of unbranched alkanes of at least 4 members (excludes halogenated alkanes) is 4. The Hall–Kier alpha value is -3.49. The molecular weight excluding hydrogens is 469 g/mol. The number of nitrogens with one attached hydrogen (secondary N) is 2. The second kappa shape index (κ2) is 13.6. The Bertz CT molecular complexity index is 1080. The van der Waals surface area contributed by atoms with E-state index in [0.717, 1.165) is 50.5 Å². The normalized spacial score (nSPS) is 11.2. The van der Waals surface area contributed by atoms with Crippen LogP contribution in [0, 0.1) is 0 Å². The standard InChI is InChI=1S/C27H33F3N4O2/c1-3-5-7-16-35-22-14-12-20(13-15-22)33-26-31-19-24(27(28,29)30)25(34-26)32-21-10-9-11-23(18-21)36-17-8-6-4-2/h9-15,18-19H,3-8,16-17H2,1-2H3,(H2,31,32,33,34). The fourth-order valence-electron chi connectivity index (χ4n) is 3.39. The largest absolute Gasteiger partial charge is 0.494 e. The number of nitrogens with zero attached hydrogens (tertiary/aromatic N) is 2. The summed E-state index contributed by atoms with van der Waals surface area (Å²) < 4.78 is 52.3. The summed E-state index contributed by atoms with van der Waals surface area (Å²) in [5.74, 6) is 0.992. The van der Waals surface area contributed by atoms with Crippen molar-refractivity contribution in [2.75, 3.05) is 23.8 Å². The second-order valence-corrected chi connectivity index (χ2v) is 8.37. The molecule has 0 saturated carbocycles. The SMILES string of the molecule is CCCCCOc1ccc(Nc2ncc(C(F)(F)F)c(Nc3cccc(OCCCCC)c3)n2)cc1.